The largest absolute Gasteiger partial charge is 0.313 e. The Bertz CT molecular complexity index is 159. The molecule has 0 amide bonds. The highest BCUT2D eigenvalue weighted by molar-refractivity contribution is 5.62. The van der Waals surface area contributed by atoms with Crippen LogP contribution in [0.25, 0.3) is 0 Å². The molecular formula is C10H18N2. The van der Waals surface area contributed by atoms with E-state index in [0.717, 1.165) is 18.5 Å². The molecule has 2 heteroatoms. The lowest BCUT2D eigenvalue weighted by atomic mass is 9.88. The van der Waals surface area contributed by atoms with Crippen LogP contribution < -0.4 is 5.32 Å². The quantitative estimate of drug-likeness (QED) is 0.629. The number of nitrogens with zero attached hydrogens (tertiary/aromatic N) is 1. The minimum atomic E-state index is 0.735. The molecule has 2 nitrogen and oxygen atoms in total. The number of nitrogens with one attached hydrogen (secondary N) is 1. The van der Waals surface area contributed by atoms with Crippen LogP contribution in [0, 0.1) is 5.92 Å². The van der Waals surface area contributed by atoms with Gasteiger partial charge in [-0.05, 0) is 32.2 Å². The van der Waals surface area contributed by atoms with Crippen molar-refractivity contribution in [3.05, 3.63) is 0 Å². The van der Waals surface area contributed by atoms with Gasteiger partial charge < -0.3 is 5.32 Å². The molecule has 1 N–H and O–H groups in total. The molecule has 0 unspecified atom stereocenters. The molecule has 2 heterocycles. The summed E-state index contributed by atoms with van der Waals surface area (Å²) in [7, 11) is 0. The molecule has 0 aliphatic carbocycles. The molecule has 0 spiro atoms. The zero-order valence-electron chi connectivity index (χ0n) is 7.63. The Morgan fingerprint density at radius 1 is 1.17 bits per heavy atom. The first-order chi connectivity index (χ1) is 5.97. The molecule has 68 valence electrons. The molecular weight excluding hydrogens is 148 g/mol. The average Bonchev–Trinajstić information content (AvgIpc) is 2.21. The minimum absolute atomic E-state index is 0.735. The summed E-state index contributed by atoms with van der Waals surface area (Å²) in [6, 6.07) is 0.739. The number of aliphatic imine (C=N–C) groups is 1. The highest BCUT2D eigenvalue weighted by Gasteiger charge is 2.22. The number of hydrogen-bond acceptors (Lipinski definition) is 2. The lowest BCUT2D eigenvalue weighted by molar-refractivity contribution is 0.330. The van der Waals surface area contributed by atoms with Crippen LogP contribution in [-0.4, -0.2) is 25.3 Å². The maximum Gasteiger partial charge on any atom is 0.0385 e. The highest BCUT2D eigenvalue weighted by atomic mass is 14.9. The Balaban J connectivity index is 1.88. The molecule has 12 heavy (non-hydrogen) atoms. The summed E-state index contributed by atoms with van der Waals surface area (Å²) >= 11 is 0. The van der Waals surface area contributed by atoms with E-state index in [2.05, 4.69) is 16.5 Å². The maximum absolute atomic E-state index is 4.37. The van der Waals surface area contributed by atoms with Crippen molar-refractivity contribution >= 4 is 6.21 Å². The van der Waals surface area contributed by atoms with Gasteiger partial charge in [-0.25, -0.2) is 0 Å². The first-order valence-corrected chi connectivity index (χ1v) is 5.20. The average molecular weight is 166 g/mol. The Morgan fingerprint density at radius 3 is 2.83 bits per heavy atom. The second-order valence-corrected chi connectivity index (χ2v) is 3.92. The monoisotopic (exact) mass is 166 g/mol. The predicted octanol–water partition coefficient (Wildman–Crippen LogP) is 1.61. The molecule has 2 aliphatic rings. The smallest absolute Gasteiger partial charge is 0.0385 e. The Morgan fingerprint density at radius 2 is 2.17 bits per heavy atom. The first kappa shape index (κ1) is 8.24. The maximum atomic E-state index is 4.37. The molecule has 2 rings (SSSR count). The highest BCUT2D eigenvalue weighted by Crippen LogP contribution is 2.20. The van der Waals surface area contributed by atoms with E-state index in [9.17, 15) is 0 Å². The molecule has 0 aromatic carbocycles. The van der Waals surface area contributed by atoms with Crippen molar-refractivity contribution in [1.82, 2.24) is 5.32 Å². The molecule has 0 aromatic rings. The zero-order chi connectivity index (χ0) is 8.23. The molecule has 2 atom stereocenters. The van der Waals surface area contributed by atoms with E-state index in [0.29, 0.717) is 0 Å². The lowest BCUT2D eigenvalue weighted by Gasteiger charge is -2.30. The van der Waals surface area contributed by atoms with E-state index in [-0.39, 0.29) is 0 Å². The van der Waals surface area contributed by atoms with Crippen LogP contribution in [-0.2, 0) is 0 Å². The van der Waals surface area contributed by atoms with Crippen LogP contribution in [0.2, 0.25) is 0 Å². The van der Waals surface area contributed by atoms with Gasteiger partial charge in [0.05, 0.1) is 0 Å². The molecule has 2 aliphatic heterocycles. The van der Waals surface area contributed by atoms with Crippen molar-refractivity contribution in [2.45, 2.75) is 38.1 Å². The van der Waals surface area contributed by atoms with Crippen LogP contribution in [0.3, 0.4) is 0 Å². The Hall–Kier alpha value is -0.370. The van der Waals surface area contributed by atoms with E-state index in [4.69, 9.17) is 0 Å². The molecule has 1 fully saturated rings. The summed E-state index contributed by atoms with van der Waals surface area (Å²) in [6.45, 7) is 2.28. The first-order valence-electron chi connectivity index (χ1n) is 5.20. The standard InChI is InChI=1S/C10H18N2/c1-2-7-12-10(5-1)9-4-3-6-11-8-9/h8-10,12H,1-7H2/t9-,10+/m1/s1. The second-order valence-electron chi connectivity index (χ2n) is 3.92. The Labute approximate surface area is 74.5 Å². The third-order valence-corrected chi connectivity index (χ3v) is 2.99. The van der Waals surface area contributed by atoms with Crippen LogP contribution in [0.5, 0.6) is 0 Å². The van der Waals surface area contributed by atoms with Gasteiger partial charge in [0.25, 0.3) is 0 Å². The van der Waals surface area contributed by atoms with E-state index < -0.39 is 0 Å². The van der Waals surface area contributed by atoms with Crippen LogP contribution in [0.15, 0.2) is 4.99 Å². The van der Waals surface area contributed by atoms with Crippen molar-refractivity contribution in [2.24, 2.45) is 10.9 Å². The van der Waals surface area contributed by atoms with E-state index >= 15 is 0 Å². The normalized spacial score (nSPS) is 36.7. The fourth-order valence-corrected chi connectivity index (χ4v) is 2.25. The molecule has 1 saturated heterocycles. The summed E-state index contributed by atoms with van der Waals surface area (Å²) in [4.78, 5) is 4.37. The van der Waals surface area contributed by atoms with Gasteiger partial charge in [-0.3, -0.25) is 4.99 Å². The summed E-state index contributed by atoms with van der Waals surface area (Å²) in [5, 5.41) is 3.60. The van der Waals surface area contributed by atoms with Crippen molar-refractivity contribution in [1.29, 1.82) is 0 Å². The second kappa shape index (κ2) is 4.04. The van der Waals surface area contributed by atoms with Crippen LogP contribution in [0.4, 0.5) is 0 Å². The molecule has 0 radical (unpaired) electrons. The predicted molar refractivity (Wildman–Crippen MR) is 51.7 cm³/mol. The number of hydrogen-bond donors (Lipinski definition) is 1. The van der Waals surface area contributed by atoms with Gasteiger partial charge in [0.15, 0.2) is 0 Å². The van der Waals surface area contributed by atoms with Crippen molar-refractivity contribution in [3.63, 3.8) is 0 Å². The third-order valence-electron chi connectivity index (χ3n) is 2.99. The van der Waals surface area contributed by atoms with E-state index in [1.165, 1.54) is 38.6 Å². The van der Waals surface area contributed by atoms with E-state index in [1.54, 1.807) is 0 Å². The third kappa shape index (κ3) is 1.86. The summed E-state index contributed by atoms with van der Waals surface area (Å²) in [6.07, 6.45) is 8.95. The summed E-state index contributed by atoms with van der Waals surface area (Å²) in [5.74, 6) is 0.735. The number of piperidine rings is 1. The van der Waals surface area contributed by atoms with Crippen LogP contribution >= 0.6 is 0 Å². The van der Waals surface area contributed by atoms with Crippen molar-refractivity contribution in [2.75, 3.05) is 13.1 Å². The molecule has 0 bridgehead atoms. The summed E-state index contributed by atoms with van der Waals surface area (Å²) in [5.41, 5.74) is 0. The number of rotatable bonds is 1. The van der Waals surface area contributed by atoms with Gasteiger partial charge >= 0.3 is 0 Å². The van der Waals surface area contributed by atoms with Gasteiger partial charge in [-0.2, -0.15) is 0 Å². The SMILES string of the molecule is C1=NCCC[C@H]1[C@@H]1CCCCN1. The van der Waals surface area contributed by atoms with Gasteiger partial charge in [0.1, 0.15) is 0 Å². The van der Waals surface area contributed by atoms with Crippen LogP contribution in [0.1, 0.15) is 32.1 Å². The van der Waals surface area contributed by atoms with E-state index in [1.807, 2.05) is 0 Å². The van der Waals surface area contributed by atoms with Crippen molar-refractivity contribution < 1.29 is 0 Å². The molecule has 0 aromatic heterocycles. The fourth-order valence-electron chi connectivity index (χ4n) is 2.25. The Kier molecular flexibility index (Phi) is 2.77. The van der Waals surface area contributed by atoms with Crippen molar-refractivity contribution in [3.8, 4) is 0 Å². The lowest BCUT2D eigenvalue weighted by Crippen LogP contribution is -2.41. The fraction of sp³-hybridized carbons (Fsp3) is 0.900. The summed E-state index contributed by atoms with van der Waals surface area (Å²) < 4.78 is 0. The topological polar surface area (TPSA) is 24.4 Å². The minimum Gasteiger partial charge on any atom is -0.313 e. The van der Waals surface area contributed by atoms with Gasteiger partial charge in [-0.15, -0.1) is 0 Å². The van der Waals surface area contributed by atoms with Gasteiger partial charge in [0.2, 0.25) is 0 Å². The molecule has 0 saturated carbocycles. The van der Waals surface area contributed by atoms with Gasteiger partial charge in [-0.1, -0.05) is 6.42 Å². The van der Waals surface area contributed by atoms with Gasteiger partial charge in [0, 0.05) is 24.7 Å². The zero-order valence-corrected chi connectivity index (χ0v) is 7.63.